The van der Waals surface area contributed by atoms with Crippen molar-refractivity contribution in [2.24, 2.45) is 0 Å². The summed E-state index contributed by atoms with van der Waals surface area (Å²) in [4.78, 5) is 12.9. The number of sulfonamides is 1. The zero-order valence-electron chi connectivity index (χ0n) is 18.4. The molecular weight excluding hydrogens is 428 g/mol. The van der Waals surface area contributed by atoms with E-state index in [4.69, 9.17) is 9.47 Å². The Balaban J connectivity index is 1.82. The van der Waals surface area contributed by atoms with Gasteiger partial charge in [-0.1, -0.05) is 30.3 Å². The molecule has 3 aromatic carbocycles. The summed E-state index contributed by atoms with van der Waals surface area (Å²) in [6.07, 6.45) is 0. The Kier molecular flexibility index (Phi) is 7.05. The van der Waals surface area contributed by atoms with E-state index >= 15 is 0 Å². The van der Waals surface area contributed by atoms with Gasteiger partial charge in [-0.15, -0.1) is 0 Å². The first-order chi connectivity index (χ1) is 15.2. The molecule has 8 heteroatoms. The quantitative estimate of drug-likeness (QED) is 0.529. The fourth-order valence-corrected chi connectivity index (χ4v) is 4.56. The van der Waals surface area contributed by atoms with E-state index in [2.05, 4.69) is 10.0 Å². The van der Waals surface area contributed by atoms with Gasteiger partial charge in [0.1, 0.15) is 0 Å². The van der Waals surface area contributed by atoms with Gasteiger partial charge < -0.3 is 14.8 Å². The second-order valence-corrected chi connectivity index (χ2v) is 8.91. The molecule has 0 fully saturated rings. The van der Waals surface area contributed by atoms with Crippen molar-refractivity contribution in [1.29, 1.82) is 0 Å². The molecule has 0 aliphatic heterocycles. The SMILES string of the molecule is COc1ccc([C@H](C)NC(=O)c2ccc(C)c(S(=O)(=O)Nc3ccccc3)c2)cc1OC. The molecule has 168 valence electrons. The number of nitrogens with one attached hydrogen (secondary N) is 2. The first kappa shape index (κ1) is 23.1. The number of ether oxygens (including phenoxy) is 2. The van der Waals surface area contributed by atoms with Gasteiger partial charge in [0.15, 0.2) is 11.5 Å². The summed E-state index contributed by atoms with van der Waals surface area (Å²) in [7, 11) is -0.760. The molecule has 0 radical (unpaired) electrons. The Labute approximate surface area is 188 Å². The highest BCUT2D eigenvalue weighted by atomic mass is 32.2. The van der Waals surface area contributed by atoms with Gasteiger partial charge in [-0.2, -0.15) is 0 Å². The van der Waals surface area contributed by atoms with Crippen LogP contribution in [-0.2, 0) is 10.0 Å². The minimum absolute atomic E-state index is 0.0489. The standard InChI is InChI=1S/C24H26N2O5S/c1-16-10-11-19(15-23(16)32(28,29)26-20-8-6-5-7-9-20)24(27)25-17(2)18-12-13-21(30-3)22(14-18)31-4/h5-15,17,26H,1-4H3,(H,25,27)/t17-/m0/s1. The molecule has 0 aliphatic rings. The van der Waals surface area contributed by atoms with Crippen LogP contribution in [0.1, 0.15) is 34.5 Å². The Morgan fingerprint density at radius 3 is 2.25 bits per heavy atom. The maximum atomic E-state index is 12.9. The molecule has 32 heavy (non-hydrogen) atoms. The van der Waals surface area contributed by atoms with Crippen LogP contribution in [0.2, 0.25) is 0 Å². The molecule has 7 nitrogen and oxygen atoms in total. The van der Waals surface area contributed by atoms with Crippen LogP contribution in [0.3, 0.4) is 0 Å². The number of carbonyl (C=O) groups is 1. The summed E-state index contributed by atoms with van der Waals surface area (Å²) in [5, 5.41) is 2.90. The number of amides is 1. The van der Waals surface area contributed by atoms with Gasteiger partial charge in [-0.3, -0.25) is 9.52 Å². The van der Waals surface area contributed by atoms with Crippen molar-refractivity contribution >= 4 is 21.6 Å². The lowest BCUT2D eigenvalue weighted by atomic mass is 10.1. The highest BCUT2D eigenvalue weighted by Crippen LogP contribution is 2.30. The van der Waals surface area contributed by atoms with Crippen LogP contribution in [0.4, 0.5) is 5.69 Å². The Morgan fingerprint density at radius 1 is 0.906 bits per heavy atom. The minimum Gasteiger partial charge on any atom is -0.493 e. The Morgan fingerprint density at radius 2 is 1.59 bits per heavy atom. The van der Waals surface area contributed by atoms with Crippen LogP contribution in [-0.4, -0.2) is 28.5 Å². The number of benzene rings is 3. The summed E-state index contributed by atoms with van der Waals surface area (Å²) in [5.41, 5.74) is 2.06. The summed E-state index contributed by atoms with van der Waals surface area (Å²) in [5.74, 6) is 0.763. The monoisotopic (exact) mass is 454 g/mol. The van der Waals surface area contributed by atoms with Gasteiger partial charge in [0, 0.05) is 11.3 Å². The molecule has 0 saturated carbocycles. The van der Waals surface area contributed by atoms with Gasteiger partial charge in [0.2, 0.25) is 0 Å². The maximum absolute atomic E-state index is 12.9. The van der Waals surface area contributed by atoms with Crippen LogP contribution >= 0.6 is 0 Å². The van der Waals surface area contributed by atoms with Crippen molar-refractivity contribution in [3.8, 4) is 11.5 Å². The number of carbonyl (C=O) groups excluding carboxylic acids is 1. The third kappa shape index (κ3) is 5.20. The maximum Gasteiger partial charge on any atom is 0.262 e. The first-order valence-electron chi connectivity index (χ1n) is 9.96. The smallest absolute Gasteiger partial charge is 0.262 e. The van der Waals surface area contributed by atoms with Gasteiger partial charge in [0.25, 0.3) is 15.9 Å². The molecule has 0 heterocycles. The van der Waals surface area contributed by atoms with Crippen LogP contribution in [0, 0.1) is 6.92 Å². The molecule has 0 saturated heterocycles. The van der Waals surface area contributed by atoms with E-state index in [0.29, 0.717) is 22.7 Å². The summed E-state index contributed by atoms with van der Waals surface area (Å²) < 4.78 is 38.9. The number of hydrogen-bond donors (Lipinski definition) is 2. The van der Waals surface area contributed by atoms with Gasteiger partial charge in [0.05, 0.1) is 25.2 Å². The molecule has 0 unspecified atom stereocenters. The molecule has 2 N–H and O–H groups in total. The van der Waals surface area contributed by atoms with Gasteiger partial charge in [-0.25, -0.2) is 8.42 Å². The van der Waals surface area contributed by atoms with Crippen LogP contribution in [0.15, 0.2) is 71.6 Å². The number of methoxy groups -OCH3 is 2. The lowest BCUT2D eigenvalue weighted by Crippen LogP contribution is -2.27. The predicted molar refractivity (Wildman–Crippen MR) is 124 cm³/mol. The van der Waals surface area contributed by atoms with E-state index in [1.165, 1.54) is 6.07 Å². The first-order valence-corrected chi connectivity index (χ1v) is 11.4. The van der Waals surface area contributed by atoms with Crippen molar-refractivity contribution in [1.82, 2.24) is 5.32 Å². The molecule has 0 aliphatic carbocycles. The molecule has 3 rings (SSSR count). The normalized spacial score (nSPS) is 12.0. The third-order valence-corrected chi connectivity index (χ3v) is 6.54. The predicted octanol–water partition coefficient (Wildman–Crippen LogP) is 4.30. The van der Waals surface area contributed by atoms with E-state index in [1.807, 2.05) is 13.0 Å². The largest absolute Gasteiger partial charge is 0.493 e. The number of para-hydroxylation sites is 1. The van der Waals surface area contributed by atoms with Crippen molar-refractivity contribution in [2.45, 2.75) is 24.8 Å². The van der Waals surface area contributed by atoms with Crippen molar-refractivity contribution < 1.29 is 22.7 Å². The highest BCUT2D eigenvalue weighted by molar-refractivity contribution is 7.92. The summed E-state index contributed by atoms with van der Waals surface area (Å²) >= 11 is 0. The molecule has 0 spiro atoms. The third-order valence-electron chi connectivity index (χ3n) is 5.02. The van der Waals surface area contributed by atoms with Crippen molar-refractivity contribution in [2.75, 3.05) is 18.9 Å². The Bertz CT molecular complexity index is 1210. The second-order valence-electron chi connectivity index (χ2n) is 7.26. The van der Waals surface area contributed by atoms with E-state index in [1.54, 1.807) is 75.7 Å². The molecule has 3 aromatic rings. The van der Waals surface area contributed by atoms with Gasteiger partial charge in [-0.05, 0) is 61.4 Å². The second kappa shape index (κ2) is 9.74. The topological polar surface area (TPSA) is 93.7 Å². The zero-order valence-corrected chi connectivity index (χ0v) is 19.2. The van der Waals surface area contributed by atoms with E-state index in [-0.39, 0.29) is 22.4 Å². The van der Waals surface area contributed by atoms with Crippen molar-refractivity contribution in [3.63, 3.8) is 0 Å². The van der Waals surface area contributed by atoms with Gasteiger partial charge >= 0.3 is 0 Å². The van der Waals surface area contributed by atoms with Crippen LogP contribution in [0.25, 0.3) is 0 Å². The molecule has 0 aromatic heterocycles. The van der Waals surface area contributed by atoms with Crippen LogP contribution in [0.5, 0.6) is 11.5 Å². The number of aryl methyl sites for hydroxylation is 1. The average Bonchev–Trinajstić information content (AvgIpc) is 2.78. The van der Waals surface area contributed by atoms with E-state index in [9.17, 15) is 13.2 Å². The molecular formula is C24H26N2O5S. The van der Waals surface area contributed by atoms with E-state index in [0.717, 1.165) is 5.56 Å². The zero-order chi connectivity index (χ0) is 23.3. The average molecular weight is 455 g/mol. The fourth-order valence-electron chi connectivity index (χ4n) is 3.23. The molecule has 1 amide bonds. The molecule has 1 atom stereocenters. The van der Waals surface area contributed by atoms with Crippen molar-refractivity contribution in [3.05, 3.63) is 83.4 Å². The lowest BCUT2D eigenvalue weighted by molar-refractivity contribution is 0.0939. The summed E-state index contributed by atoms with van der Waals surface area (Å²) in [6.45, 7) is 3.52. The number of hydrogen-bond acceptors (Lipinski definition) is 5. The minimum atomic E-state index is -3.86. The summed E-state index contributed by atoms with van der Waals surface area (Å²) in [6, 6.07) is 18.3. The molecule has 0 bridgehead atoms. The number of anilines is 1. The lowest BCUT2D eigenvalue weighted by Gasteiger charge is -2.17. The van der Waals surface area contributed by atoms with E-state index < -0.39 is 10.0 Å². The number of rotatable bonds is 8. The Hall–Kier alpha value is -3.52. The highest BCUT2D eigenvalue weighted by Gasteiger charge is 2.20. The van der Waals surface area contributed by atoms with Crippen LogP contribution < -0.4 is 19.5 Å². The fraction of sp³-hybridized carbons (Fsp3) is 0.208.